The summed E-state index contributed by atoms with van der Waals surface area (Å²) in [5.74, 6) is 0.193. The van der Waals surface area contributed by atoms with Crippen molar-refractivity contribution in [2.75, 3.05) is 7.11 Å². The van der Waals surface area contributed by atoms with Gasteiger partial charge in [0.2, 0.25) is 0 Å². The van der Waals surface area contributed by atoms with E-state index in [1.165, 1.54) is 12.7 Å². The van der Waals surface area contributed by atoms with Gasteiger partial charge in [-0.2, -0.15) is 0 Å². The predicted octanol–water partition coefficient (Wildman–Crippen LogP) is 1.72. The summed E-state index contributed by atoms with van der Waals surface area (Å²) >= 11 is 1.56. The molecule has 0 atom stereocenters. The number of esters is 1. The Bertz CT molecular complexity index is 507. The number of thiophene rings is 1. The molecule has 4 nitrogen and oxygen atoms in total. The molecule has 0 aliphatic heterocycles. The lowest BCUT2D eigenvalue weighted by molar-refractivity contribution is -0.139. The molecule has 2 aromatic heterocycles. The normalized spacial score (nSPS) is 10.5. The summed E-state index contributed by atoms with van der Waals surface area (Å²) in [6.07, 6.45) is 1.88. The van der Waals surface area contributed by atoms with E-state index in [0.29, 0.717) is 5.82 Å². The van der Waals surface area contributed by atoms with Gasteiger partial charge in [0.1, 0.15) is 17.1 Å². The van der Waals surface area contributed by atoms with Crippen molar-refractivity contribution in [1.82, 2.24) is 9.97 Å². The Hall–Kier alpha value is -1.49. The average Bonchev–Trinajstić information content (AvgIpc) is 2.60. The lowest BCUT2D eigenvalue weighted by Crippen LogP contribution is -2.07. The number of carbonyl (C=O) groups excluding carboxylic acids is 1. The van der Waals surface area contributed by atoms with Gasteiger partial charge < -0.3 is 4.74 Å². The maximum atomic E-state index is 11.0. The molecule has 0 unspecified atom stereocenters. The Morgan fingerprint density at radius 1 is 1.60 bits per heavy atom. The molecule has 0 amide bonds. The van der Waals surface area contributed by atoms with E-state index in [2.05, 4.69) is 14.7 Å². The Balaban J connectivity index is 2.35. The molecule has 0 aliphatic rings. The smallest absolute Gasteiger partial charge is 0.313 e. The van der Waals surface area contributed by atoms with Crippen molar-refractivity contribution in [3.8, 4) is 0 Å². The van der Waals surface area contributed by atoms with Crippen LogP contribution in [0.5, 0.6) is 0 Å². The van der Waals surface area contributed by atoms with E-state index < -0.39 is 0 Å². The van der Waals surface area contributed by atoms with Gasteiger partial charge in [0, 0.05) is 11.6 Å². The van der Waals surface area contributed by atoms with Gasteiger partial charge in [-0.15, -0.1) is 11.3 Å². The number of hydrogen-bond acceptors (Lipinski definition) is 5. The van der Waals surface area contributed by atoms with Crippen molar-refractivity contribution in [2.45, 2.75) is 13.3 Å². The largest absolute Gasteiger partial charge is 0.469 e. The Kier molecular flexibility index (Phi) is 2.64. The lowest BCUT2D eigenvalue weighted by Gasteiger charge is -1.98. The molecule has 0 N–H and O–H groups in total. The predicted molar refractivity (Wildman–Crippen MR) is 57.9 cm³/mol. The van der Waals surface area contributed by atoms with Crippen LogP contribution >= 0.6 is 11.3 Å². The minimum atomic E-state index is -0.317. The quantitative estimate of drug-likeness (QED) is 0.726. The van der Waals surface area contributed by atoms with Crippen molar-refractivity contribution in [2.24, 2.45) is 0 Å². The van der Waals surface area contributed by atoms with Crippen LogP contribution < -0.4 is 0 Å². The highest BCUT2D eigenvalue weighted by Crippen LogP contribution is 2.22. The molecule has 0 fully saturated rings. The van der Waals surface area contributed by atoms with Crippen LogP contribution in [0.1, 0.15) is 11.4 Å². The number of methoxy groups -OCH3 is 1. The summed E-state index contributed by atoms with van der Waals surface area (Å²) < 4.78 is 4.56. The first-order valence-corrected chi connectivity index (χ1v) is 5.35. The number of rotatable bonds is 2. The summed E-state index contributed by atoms with van der Waals surface area (Å²) in [5.41, 5.74) is 1.17. The third kappa shape index (κ3) is 1.97. The number of aryl methyl sites for hydroxylation is 1. The molecule has 2 heterocycles. The van der Waals surface area contributed by atoms with Crippen LogP contribution in [0.2, 0.25) is 0 Å². The van der Waals surface area contributed by atoms with Gasteiger partial charge in [-0.1, -0.05) is 0 Å². The fourth-order valence-corrected chi connectivity index (χ4v) is 2.17. The fraction of sp³-hybridized carbons (Fsp3) is 0.300. The molecule has 0 saturated carbocycles. The van der Waals surface area contributed by atoms with Crippen LogP contribution in [-0.4, -0.2) is 23.0 Å². The maximum absolute atomic E-state index is 11.0. The Labute approximate surface area is 90.9 Å². The lowest BCUT2D eigenvalue weighted by atomic mass is 10.3. The van der Waals surface area contributed by atoms with Crippen molar-refractivity contribution < 1.29 is 9.53 Å². The van der Waals surface area contributed by atoms with Gasteiger partial charge in [-0.05, 0) is 17.9 Å². The molecule has 0 bridgehead atoms. The standard InChI is InChI=1S/C10H10N2O2S/c1-6-5-15-10-7(6)4-11-8(12-10)3-9(13)14-2/h4-5H,3H2,1-2H3. The molecule has 2 rings (SSSR count). The van der Waals surface area contributed by atoms with Gasteiger partial charge in [-0.3, -0.25) is 4.79 Å². The van der Waals surface area contributed by atoms with Crippen LogP contribution in [-0.2, 0) is 16.0 Å². The fourth-order valence-electron chi connectivity index (χ4n) is 1.26. The number of aromatic nitrogens is 2. The van der Waals surface area contributed by atoms with Crippen LogP contribution in [0.3, 0.4) is 0 Å². The van der Waals surface area contributed by atoms with Crippen LogP contribution in [0, 0.1) is 6.92 Å². The van der Waals surface area contributed by atoms with E-state index in [9.17, 15) is 4.79 Å². The van der Waals surface area contributed by atoms with E-state index in [1.54, 1.807) is 17.5 Å². The van der Waals surface area contributed by atoms with Gasteiger partial charge >= 0.3 is 5.97 Å². The van der Waals surface area contributed by atoms with Gasteiger partial charge in [0.05, 0.1) is 7.11 Å². The Morgan fingerprint density at radius 2 is 2.40 bits per heavy atom. The van der Waals surface area contributed by atoms with Gasteiger partial charge in [-0.25, -0.2) is 9.97 Å². The molecule has 2 aromatic rings. The van der Waals surface area contributed by atoms with E-state index in [1.807, 2.05) is 12.3 Å². The number of nitrogens with zero attached hydrogens (tertiary/aromatic N) is 2. The minimum absolute atomic E-state index is 0.128. The highest BCUT2D eigenvalue weighted by molar-refractivity contribution is 7.16. The average molecular weight is 222 g/mol. The molecule has 0 radical (unpaired) electrons. The summed E-state index contributed by atoms with van der Waals surface area (Å²) in [6.45, 7) is 2.02. The number of hydrogen-bond donors (Lipinski definition) is 0. The van der Waals surface area contributed by atoms with E-state index in [-0.39, 0.29) is 12.4 Å². The van der Waals surface area contributed by atoms with Gasteiger partial charge in [0.25, 0.3) is 0 Å². The van der Waals surface area contributed by atoms with Crippen molar-refractivity contribution in [1.29, 1.82) is 0 Å². The molecule has 0 spiro atoms. The maximum Gasteiger partial charge on any atom is 0.313 e. The molecule has 78 valence electrons. The second-order valence-electron chi connectivity index (χ2n) is 3.18. The van der Waals surface area contributed by atoms with Crippen molar-refractivity contribution in [3.63, 3.8) is 0 Å². The second-order valence-corrected chi connectivity index (χ2v) is 4.03. The molecular formula is C10H10N2O2S. The summed E-state index contributed by atoms with van der Waals surface area (Å²) in [6, 6.07) is 0. The molecule has 15 heavy (non-hydrogen) atoms. The van der Waals surface area contributed by atoms with Gasteiger partial charge in [0.15, 0.2) is 0 Å². The highest BCUT2D eigenvalue weighted by Gasteiger charge is 2.08. The number of fused-ring (bicyclic) bond motifs is 1. The topological polar surface area (TPSA) is 52.1 Å². The van der Waals surface area contributed by atoms with Crippen molar-refractivity contribution >= 4 is 27.5 Å². The summed E-state index contributed by atoms with van der Waals surface area (Å²) in [4.78, 5) is 20.4. The first-order chi connectivity index (χ1) is 7.20. The third-order valence-electron chi connectivity index (χ3n) is 2.11. The highest BCUT2D eigenvalue weighted by atomic mass is 32.1. The summed E-state index contributed by atoms with van der Waals surface area (Å²) in [5, 5.41) is 3.08. The van der Waals surface area contributed by atoms with E-state index in [0.717, 1.165) is 10.2 Å². The van der Waals surface area contributed by atoms with E-state index in [4.69, 9.17) is 0 Å². The molecular weight excluding hydrogens is 212 g/mol. The van der Waals surface area contributed by atoms with Crippen LogP contribution in [0.15, 0.2) is 11.6 Å². The molecule has 0 aliphatic carbocycles. The zero-order chi connectivity index (χ0) is 10.8. The monoisotopic (exact) mass is 222 g/mol. The summed E-state index contributed by atoms with van der Waals surface area (Å²) in [7, 11) is 1.36. The first kappa shape index (κ1) is 10.0. The minimum Gasteiger partial charge on any atom is -0.469 e. The number of carbonyl (C=O) groups is 1. The zero-order valence-corrected chi connectivity index (χ0v) is 9.30. The van der Waals surface area contributed by atoms with Crippen LogP contribution in [0.4, 0.5) is 0 Å². The second kappa shape index (κ2) is 3.94. The zero-order valence-electron chi connectivity index (χ0n) is 8.48. The van der Waals surface area contributed by atoms with Crippen molar-refractivity contribution in [3.05, 3.63) is 23.0 Å². The SMILES string of the molecule is COC(=O)Cc1ncc2c(C)csc2n1. The molecule has 0 saturated heterocycles. The molecule has 5 heteroatoms. The van der Waals surface area contributed by atoms with Crippen LogP contribution in [0.25, 0.3) is 10.2 Å². The number of ether oxygens (including phenoxy) is 1. The molecule has 0 aromatic carbocycles. The first-order valence-electron chi connectivity index (χ1n) is 4.47. The van der Waals surface area contributed by atoms with E-state index >= 15 is 0 Å². The Morgan fingerprint density at radius 3 is 3.13 bits per heavy atom. The third-order valence-corrected chi connectivity index (χ3v) is 3.11.